The molecule has 0 saturated heterocycles. The summed E-state index contributed by atoms with van der Waals surface area (Å²) in [7, 11) is 0. The Kier molecular flexibility index (Phi) is 5.86. The molecule has 1 aromatic rings. The molecule has 0 aliphatic carbocycles. The van der Waals surface area contributed by atoms with Crippen LogP contribution in [0.25, 0.3) is 0 Å². The maximum absolute atomic E-state index is 12.6. The Labute approximate surface area is 119 Å². The van der Waals surface area contributed by atoms with E-state index in [0.29, 0.717) is 0 Å². The van der Waals surface area contributed by atoms with Crippen molar-refractivity contribution in [2.24, 2.45) is 0 Å². The molecule has 0 saturated carbocycles. The van der Waals surface area contributed by atoms with Gasteiger partial charge in [0.05, 0.1) is 5.41 Å². The molecule has 0 aliphatic rings. The average molecular weight is 312 g/mol. The zero-order valence-electron chi connectivity index (χ0n) is 11.4. The van der Waals surface area contributed by atoms with Gasteiger partial charge in [-0.3, -0.25) is 4.79 Å². The van der Waals surface area contributed by atoms with E-state index in [1.54, 1.807) is 0 Å². The van der Waals surface area contributed by atoms with Gasteiger partial charge >= 0.3 is 0 Å². The lowest BCUT2D eigenvalue weighted by atomic mass is 9.83. The van der Waals surface area contributed by atoms with E-state index >= 15 is 0 Å². The summed E-state index contributed by atoms with van der Waals surface area (Å²) in [6, 6.07) is 10.00. The molecule has 18 heavy (non-hydrogen) atoms. The van der Waals surface area contributed by atoms with Gasteiger partial charge < -0.3 is 4.90 Å². The van der Waals surface area contributed by atoms with Crippen LogP contribution in [0.1, 0.15) is 32.8 Å². The van der Waals surface area contributed by atoms with Gasteiger partial charge in [0.2, 0.25) is 5.91 Å². The summed E-state index contributed by atoms with van der Waals surface area (Å²) in [5.41, 5.74) is 0.621. The van der Waals surface area contributed by atoms with Crippen molar-refractivity contribution in [2.75, 3.05) is 18.4 Å². The van der Waals surface area contributed by atoms with Crippen molar-refractivity contribution in [3.05, 3.63) is 35.9 Å². The lowest BCUT2D eigenvalue weighted by Gasteiger charge is -2.31. The fourth-order valence-electron chi connectivity index (χ4n) is 2.03. The molecule has 1 rings (SSSR count). The van der Waals surface area contributed by atoms with Gasteiger partial charge in [0.15, 0.2) is 0 Å². The minimum Gasteiger partial charge on any atom is -0.342 e. The van der Waals surface area contributed by atoms with Crippen LogP contribution in [0.5, 0.6) is 0 Å². The van der Waals surface area contributed by atoms with E-state index in [9.17, 15) is 4.79 Å². The first-order valence-electron chi connectivity index (χ1n) is 6.45. The number of carbonyl (C=O) groups excluding carboxylic acids is 1. The summed E-state index contributed by atoms with van der Waals surface area (Å²) in [5.74, 6) is 0.206. The number of halogens is 1. The molecule has 0 atom stereocenters. The van der Waals surface area contributed by atoms with E-state index in [2.05, 4.69) is 15.9 Å². The molecule has 3 heteroatoms. The van der Waals surface area contributed by atoms with Crippen molar-refractivity contribution >= 4 is 21.8 Å². The molecular formula is C15H22BrNO. The first-order chi connectivity index (χ1) is 8.54. The third kappa shape index (κ3) is 3.58. The van der Waals surface area contributed by atoms with Crippen LogP contribution in [0.3, 0.4) is 0 Å². The summed E-state index contributed by atoms with van der Waals surface area (Å²) in [6.07, 6.45) is 0.991. The van der Waals surface area contributed by atoms with Crippen LogP contribution in [-0.2, 0) is 10.2 Å². The van der Waals surface area contributed by atoms with Crippen LogP contribution >= 0.6 is 15.9 Å². The average Bonchev–Trinajstić information content (AvgIpc) is 2.40. The Balaban J connectivity index is 2.86. The number of rotatable bonds is 6. The molecule has 0 heterocycles. The van der Waals surface area contributed by atoms with E-state index in [1.807, 2.05) is 56.0 Å². The summed E-state index contributed by atoms with van der Waals surface area (Å²) < 4.78 is 0. The van der Waals surface area contributed by atoms with Gasteiger partial charge in [0, 0.05) is 18.4 Å². The highest BCUT2D eigenvalue weighted by molar-refractivity contribution is 9.09. The van der Waals surface area contributed by atoms with Crippen molar-refractivity contribution in [3.63, 3.8) is 0 Å². The maximum atomic E-state index is 12.6. The summed E-state index contributed by atoms with van der Waals surface area (Å²) in [6.45, 7) is 7.62. The second-order valence-electron chi connectivity index (χ2n) is 4.92. The van der Waals surface area contributed by atoms with E-state index in [0.717, 1.165) is 30.4 Å². The van der Waals surface area contributed by atoms with Gasteiger partial charge in [-0.25, -0.2) is 0 Å². The normalized spacial score (nSPS) is 11.3. The Bertz CT molecular complexity index is 375. The standard InChI is InChI=1S/C15H22BrNO/c1-4-17(12-8-11-16)14(18)15(2,3)13-9-6-5-7-10-13/h5-7,9-10H,4,8,11-12H2,1-3H3. The van der Waals surface area contributed by atoms with Gasteiger partial charge in [-0.15, -0.1) is 0 Å². The minimum absolute atomic E-state index is 0.206. The molecule has 0 N–H and O–H groups in total. The second kappa shape index (κ2) is 6.93. The summed E-state index contributed by atoms with van der Waals surface area (Å²) >= 11 is 3.41. The summed E-state index contributed by atoms with van der Waals surface area (Å²) in [4.78, 5) is 14.6. The molecule has 1 aromatic carbocycles. The highest BCUT2D eigenvalue weighted by atomic mass is 79.9. The van der Waals surface area contributed by atoms with Gasteiger partial charge in [-0.2, -0.15) is 0 Å². The number of hydrogen-bond donors (Lipinski definition) is 0. The SMILES string of the molecule is CCN(CCCBr)C(=O)C(C)(C)c1ccccc1. The van der Waals surface area contributed by atoms with Gasteiger partial charge in [-0.1, -0.05) is 46.3 Å². The lowest BCUT2D eigenvalue weighted by molar-refractivity contribution is -0.136. The predicted octanol–water partition coefficient (Wildman–Crippen LogP) is 3.60. The molecule has 0 radical (unpaired) electrons. The van der Waals surface area contributed by atoms with Gasteiger partial charge in [0.1, 0.15) is 0 Å². The van der Waals surface area contributed by atoms with Crippen LogP contribution in [0.15, 0.2) is 30.3 Å². The Morgan fingerprint density at radius 3 is 2.39 bits per heavy atom. The van der Waals surface area contributed by atoms with E-state index in [4.69, 9.17) is 0 Å². The van der Waals surface area contributed by atoms with Crippen LogP contribution in [0.2, 0.25) is 0 Å². The van der Waals surface area contributed by atoms with Crippen molar-refractivity contribution < 1.29 is 4.79 Å². The van der Waals surface area contributed by atoms with Crippen LogP contribution in [0.4, 0.5) is 0 Å². The minimum atomic E-state index is -0.455. The molecule has 100 valence electrons. The van der Waals surface area contributed by atoms with Crippen molar-refractivity contribution in [1.82, 2.24) is 4.90 Å². The smallest absolute Gasteiger partial charge is 0.232 e. The zero-order valence-corrected chi connectivity index (χ0v) is 13.0. The fraction of sp³-hybridized carbons (Fsp3) is 0.533. The molecule has 0 spiro atoms. The largest absolute Gasteiger partial charge is 0.342 e. The highest BCUT2D eigenvalue weighted by Crippen LogP contribution is 2.25. The third-order valence-electron chi connectivity index (χ3n) is 3.26. The second-order valence-corrected chi connectivity index (χ2v) is 5.71. The fourth-order valence-corrected chi connectivity index (χ4v) is 2.28. The molecule has 2 nitrogen and oxygen atoms in total. The molecular weight excluding hydrogens is 290 g/mol. The van der Waals surface area contributed by atoms with Gasteiger partial charge in [-0.05, 0) is 32.8 Å². The van der Waals surface area contributed by atoms with Crippen molar-refractivity contribution in [2.45, 2.75) is 32.6 Å². The Morgan fingerprint density at radius 2 is 1.89 bits per heavy atom. The van der Waals surface area contributed by atoms with Crippen LogP contribution in [0, 0.1) is 0 Å². The quantitative estimate of drug-likeness (QED) is 0.735. The number of nitrogens with zero attached hydrogens (tertiary/aromatic N) is 1. The first-order valence-corrected chi connectivity index (χ1v) is 7.57. The molecule has 0 aromatic heterocycles. The van der Waals surface area contributed by atoms with Crippen molar-refractivity contribution in [3.8, 4) is 0 Å². The lowest BCUT2D eigenvalue weighted by Crippen LogP contribution is -2.43. The summed E-state index contributed by atoms with van der Waals surface area (Å²) in [5, 5.41) is 0.933. The van der Waals surface area contributed by atoms with Crippen LogP contribution < -0.4 is 0 Å². The number of likely N-dealkylation sites (N-methyl/N-ethyl adjacent to an activating group) is 1. The van der Waals surface area contributed by atoms with Crippen molar-refractivity contribution in [1.29, 1.82) is 0 Å². The van der Waals surface area contributed by atoms with E-state index < -0.39 is 5.41 Å². The number of hydrogen-bond acceptors (Lipinski definition) is 1. The number of benzene rings is 1. The maximum Gasteiger partial charge on any atom is 0.232 e. The number of carbonyl (C=O) groups is 1. The van der Waals surface area contributed by atoms with E-state index in [1.165, 1.54) is 0 Å². The number of amides is 1. The topological polar surface area (TPSA) is 20.3 Å². The number of alkyl halides is 1. The van der Waals surface area contributed by atoms with Gasteiger partial charge in [0.25, 0.3) is 0 Å². The van der Waals surface area contributed by atoms with Crippen LogP contribution in [-0.4, -0.2) is 29.2 Å². The molecule has 0 fully saturated rings. The highest BCUT2D eigenvalue weighted by Gasteiger charge is 2.32. The Morgan fingerprint density at radius 1 is 1.28 bits per heavy atom. The monoisotopic (exact) mass is 311 g/mol. The molecule has 1 amide bonds. The van der Waals surface area contributed by atoms with E-state index in [-0.39, 0.29) is 5.91 Å². The molecule has 0 aliphatic heterocycles. The first kappa shape index (κ1) is 15.2. The zero-order chi connectivity index (χ0) is 13.6. The Hall–Kier alpha value is -0.830. The predicted molar refractivity (Wildman–Crippen MR) is 80.1 cm³/mol. The molecule has 0 bridgehead atoms. The molecule has 0 unspecified atom stereocenters. The third-order valence-corrected chi connectivity index (χ3v) is 3.82.